The van der Waals surface area contributed by atoms with Crippen molar-refractivity contribution in [2.75, 3.05) is 20.2 Å². The molecule has 28 heavy (non-hydrogen) atoms. The highest BCUT2D eigenvalue weighted by atomic mass is 35.5. The fourth-order valence-corrected chi connectivity index (χ4v) is 3.43. The van der Waals surface area contributed by atoms with Crippen LogP contribution in [-0.2, 0) is 4.74 Å². The van der Waals surface area contributed by atoms with Gasteiger partial charge in [0.2, 0.25) is 0 Å². The zero-order valence-electron chi connectivity index (χ0n) is 16.7. The molecular formula is C21H28ClN3O3. The van der Waals surface area contributed by atoms with Gasteiger partial charge < -0.3 is 15.4 Å². The van der Waals surface area contributed by atoms with Crippen LogP contribution in [0.25, 0.3) is 5.69 Å². The molecule has 1 aliphatic heterocycles. The van der Waals surface area contributed by atoms with Gasteiger partial charge in [0.25, 0.3) is 11.5 Å². The number of halogens is 1. The van der Waals surface area contributed by atoms with E-state index in [-0.39, 0.29) is 41.6 Å². The second-order valence-electron chi connectivity index (χ2n) is 7.31. The first-order valence-electron chi connectivity index (χ1n) is 9.29. The fraction of sp³-hybridized carbons (Fsp3) is 0.429. The number of pyridine rings is 1. The van der Waals surface area contributed by atoms with E-state index in [4.69, 9.17) is 4.74 Å². The van der Waals surface area contributed by atoms with E-state index in [1.165, 1.54) is 4.57 Å². The molecule has 0 unspecified atom stereocenters. The molecule has 0 bridgehead atoms. The Kier molecular flexibility index (Phi) is 7.41. The lowest BCUT2D eigenvalue weighted by Crippen LogP contribution is -2.45. The Morgan fingerprint density at radius 2 is 2.04 bits per heavy atom. The van der Waals surface area contributed by atoms with Crippen LogP contribution in [0.2, 0.25) is 0 Å². The number of methoxy groups -OCH3 is 1. The predicted octanol–water partition coefficient (Wildman–Crippen LogP) is 2.41. The molecule has 1 saturated heterocycles. The monoisotopic (exact) mass is 405 g/mol. The summed E-state index contributed by atoms with van der Waals surface area (Å²) in [6, 6.07) is 9.50. The third-order valence-electron chi connectivity index (χ3n) is 5.12. The minimum Gasteiger partial charge on any atom is -0.378 e. The molecule has 0 aliphatic carbocycles. The highest BCUT2D eigenvalue weighted by Crippen LogP contribution is 2.18. The molecule has 0 radical (unpaired) electrons. The third kappa shape index (κ3) is 4.46. The van der Waals surface area contributed by atoms with Crippen LogP contribution < -0.4 is 16.2 Å². The maximum atomic E-state index is 13.1. The molecule has 152 valence electrons. The van der Waals surface area contributed by atoms with Gasteiger partial charge in [0.05, 0.1) is 12.1 Å². The van der Waals surface area contributed by atoms with Gasteiger partial charge in [0, 0.05) is 32.1 Å². The smallest absolute Gasteiger partial charge is 0.268 e. The van der Waals surface area contributed by atoms with E-state index in [0.717, 1.165) is 11.3 Å². The van der Waals surface area contributed by atoms with Crippen molar-refractivity contribution in [3.8, 4) is 5.69 Å². The van der Waals surface area contributed by atoms with Crippen LogP contribution >= 0.6 is 12.4 Å². The zero-order chi connectivity index (χ0) is 19.6. The molecule has 1 aliphatic rings. The molecule has 2 aromatic rings. The Morgan fingerprint density at radius 3 is 2.71 bits per heavy atom. The first-order chi connectivity index (χ1) is 12.9. The van der Waals surface area contributed by atoms with Crippen molar-refractivity contribution >= 4 is 18.3 Å². The Balaban J connectivity index is 0.00000280. The molecular weight excluding hydrogens is 378 g/mol. The van der Waals surface area contributed by atoms with Crippen LogP contribution in [0, 0.1) is 6.92 Å². The van der Waals surface area contributed by atoms with Crippen molar-refractivity contribution in [2.45, 2.75) is 38.8 Å². The van der Waals surface area contributed by atoms with Crippen molar-refractivity contribution in [1.82, 2.24) is 15.2 Å². The Labute approximate surface area is 171 Å². The molecule has 1 fully saturated rings. The van der Waals surface area contributed by atoms with Crippen LogP contribution in [-0.4, -0.2) is 42.8 Å². The molecule has 0 spiro atoms. The van der Waals surface area contributed by atoms with Gasteiger partial charge in [0.1, 0.15) is 5.56 Å². The van der Waals surface area contributed by atoms with Crippen molar-refractivity contribution in [3.05, 3.63) is 63.6 Å². The van der Waals surface area contributed by atoms with Gasteiger partial charge in [0.15, 0.2) is 0 Å². The number of nitrogens with one attached hydrogen (secondary N) is 2. The number of nitrogens with zero attached hydrogens (tertiary/aromatic N) is 1. The summed E-state index contributed by atoms with van der Waals surface area (Å²) in [5.74, 6) is -0.00247. The van der Waals surface area contributed by atoms with Gasteiger partial charge in [-0.15, -0.1) is 12.4 Å². The van der Waals surface area contributed by atoms with E-state index in [1.54, 1.807) is 26.3 Å². The van der Waals surface area contributed by atoms with Crippen molar-refractivity contribution in [3.63, 3.8) is 0 Å². The molecule has 2 heterocycles. The molecule has 1 aromatic carbocycles. The maximum absolute atomic E-state index is 13.1. The predicted molar refractivity (Wildman–Crippen MR) is 113 cm³/mol. The number of ether oxygens (including phenoxy) is 1. The average Bonchev–Trinajstić information content (AvgIpc) is 3.09. The van der Waals surface area contributed by atoms with Crippen molar-refractivity contribution in [1.29, 1.82) is 0 Å². The maximum Gasteiger partial charge on any atom is 0.268 e. The van der Waals surface area contributed by atoms with E-state index in [2.05, 4.69) is 24.5 Å². The number of hydrogen-bond acceptors (Lipinski definition) is 4. The van der Waals surface area contributed by atoms with Gasteiger partial charge in [-0.1, -0.05) is 26.0 Å². The van der Waals surface area contributed by atoms with Crippen LogP contribution in [0.15, 0.2) is 41.3 Å². The van der Waals surface area contributed by atoms with E-state index < -0.39 is 0 Å². The fourth-order valence-electron chi connectivity index (χ4n) is 3.43. The number of aromatic nitrogens is 1. The van der Waals surface area contributed by atoms with Crippen LogP contribution in [0.1, 0.15) is 41.3 Å². The topological polar surface area (TPSA) is 72.4 Å². The molecule has 3 rings (SSSR count). The van der Waals surface area contributed by atoms with E-state index in [1.807, 2.05) is 24.3 Å². The lowest BCUT2D eigenvalue weighted by atomic mass is 10.0. The van der Waals surface area contributed by atoms with Crippen LogP contribution in [0.3, 0.4) is 0 Å². The lowest BCUT2D eigenvalue weighted by Gasteiger charge is -2.19. The number of carbonyl (C=O) groups is 1. The molecule has 1 aromatic heterocycles. The number of carbonyl (C=O) groups excluding carboxylic acids is 1. The molecule has 2 atom stereocenters. The average molecular weight is 406 g/mol. The zero-order valence-corrected chi connectivity index (χ0v) is 17.5. The van der Waals surface area contributed by atoms with Gasteiger partial charge in [-0.05, 0) is 42.2 Å². The number of benzene rings is 1. The van der Waals surface area contributed by atoms with Gasteiger partial charge >= 0.3 is 0 Å². The van der Waals surface area contributed by atoms with E-state index in [9.17, 15) is 9.59 Å². The van der Waals surface area contributed by atoms with E-state index in [0.29, 0.717) is 24.6 Å². The number of rotatable bonds is 5. The summed E-state index contributed by atoms with van der Waals surface area (Å²) in [6.45, 7) is 7.31. The van der Waals surface area contributed by atoms with Crippen molar-refractivity contribution in [2.24, 2.45) is 0 Å². The summed E-state index contributed by atoms with van der Waals surface area (Å²) >= 11 is 0. The second kappa shape index (κ2) is 9.37. The minimum absolute atomic E-state index is 0. The number of aryl methyl sites for hydroxylation is 1. The SMILES string of the molecule is CO[C@H]1CNC[C@@H]1NC(=O)c1c(C)ccn(-c2cccc(C(C)C)c2)c1=O.Cl. The summed E-state index contributed by atoms with van der Waals surface area (Å²) < 4.78 is 6.93. The molecule has 0 saturated carbocycles. The lowest BCUT2D eigenvalue weighted by molar-refractivity contribution is 0.0778. The first-order valence-corrected chi connectivity index (χ1v) is 9.29. The molecule has 6 nitrogen and oxygen atoms in total. The number of amides is 1. The van der Waals surface area contributed by atoms with Crippen LogP contribution in [0.4, 0.5) is 0 Å². The molecule has 7 heteroatoms. The first kappa shape index (κ1) is 22.1. The molecule has 2 N–H and O–H groups in total. The second-order valence-corrected chi connectivity index (χ2v) is 7.31. The summed E-state index contributed by atoms with van der Waals surface area (Å²) in [6.07, 6.45) is 1.63. The van der Waals surface area contributed by atoms with Gasteiger partial charge in [-0.3, -0.25) is 14.2 Å². The van der Waals surface area contributed by atoms with Crippen LogP contribution in [0.5, 0.6) is 0 Å². The standard InChI is InChI=1S/C21H27N3O3.ClH/c1-13(2)15-6-5-7-16(10-15)24-9-8-14(3)19(21(24)26)20(25)23-17-11-22-12-18(17)27-4;/h5-10,13,17-18,22H,11-12H2,1-4H3,(H,23,25);1H/t17-,18-;/m0./s1. The highest BCUT2D eigenvalue weighted by molar-refractivity contribution is 5.95. The van der Waals surface area contributed by atoms with E-state index >= 15 is 0 Å². The Bertz CT molecular complexity index is 895. The molecule has 1 amide bonds. The summed E-state index contributed by atoms with van der Waals surface area (Å²) in [7, 11) is 1.62. The normalized spacial score (nSPS) is 18.8. The summed E-state index contributed by atoms with van der Waals surface area (Å²) in [5, 5.41) is 6.14. The third-order valence-corrected chi connectivity index (χ3v) is 5.12. The minimum atomic E-state index is -0.359. The van der Waals surface area contributed by atoms with Crippen molar-refractivity contribution < 1.29 is 9.53 Å². The Hall–Kier alpha value is -2.15. The quantitative estimate of drug-likeness (QED) is 0.801. The number of hydrogen-bond donors (Lipinski definition) is 2. The summed E-state index contributed by atoms with van der Waals surface area (Å²) in [4.78, 5) is 25.9. The summed E-state index contributed by atoms with van der Waals surface area (Å²) in [5.41, 5.74) is 2.43. The highest BCUT2D eigenvalue weighted by Gasteiger charge is 2.29. The van der Waals surface area contributed by atoms with Gasteiger partial charge in [-0.25, -0.2) is 0 Å². The van der Waals surface area contributed by atoms with Gasteiger partial charge in [-0.2, -0.15) is 0 Å². The largest absolute Gasteiger partial charge is 0.378 e. The Morgan fingerprint density at radius 1 is 1.29 bits per heavy atom.